The zero-order valence-electron chi connectivity index (χ0n) is 11.7. The van der Waals surface area contributed by atoms with E-state index in [9.17, 15) is 0 Å². The van der Waals surface area contributed by atoms with Crippen molar-refractivity contribution in [3.05, 3.63) is 58.1 Å². The fourth-order valence-corrected chi connectivity index (χ4v) is 3.39. The zero-order valence-corrected chi connectivity index (χ0v) is 14.1. The van der Waals surface area contributed by atoms with Crippen molar-refractivity contribution in [1.29, 1.82) is 0 Å². The Bertz CT molecular complexity index is 640. The summed E-state index contributed by atoms with van der Waals surface area (Å²) < 4.78 is 11.4. The molecule has 0 saturated heterocycles. The molecular weight excluding hydrogens is 352 g/mol. The Morgan fingerprint density at radius 3 is 2.33 bits per heavy atom. The topological polar surface area (TPSA) is 18.5 Å². The van der Waals surface area contributed by atoms with Crippen LogP contribution in [-0.4, -0.2) is 13.2 Å². The average molecular weight is 368 g/mol. The summed E-state index contributed by atoms with van der Waals surface area (Å²) in [6.45, 7) is 3.41. The highest BCUT2D eigenvalue weighted by molar-refractivity contribution is 9.09. The molecule has 0 aromatic heterocycles. The number of halogens is 2. The van der Waals surface area contributed by atoms with Crippen molar-refractivity contribution in [2.75, 3.05) is 13.2 Å². The van der Waals surface area contributed by atoms with Crippen LogP contribution in [0.1, 0.15) is 27.9 Å². The van der Waals surface area contributed by atoms with Crippen LogP contribution in [0.15, 0.2) is 36.4 Å². The second kappa shape index (κ2) is 6.29. The van der Waals surface area contributed by atoms with Crippen LogP contribution in [-0.2, 0) is 0 Å². The summed E-state index contributed by atoms with van der Waals surface area (Å²) in [6, 6.07) is 12.2. The third-order valence-electron chi connectivity index (χ3n) is 3.51. The van der Waals surface area contributed by atoms with Crippen molar-refractivity contribution in [3.63, 3.8) is 0 Å². The SMILES string of the molecule is Cc1ccc(C(Br)c2cc3c(cc2Cl)OCCCO3)cc1. The molecule has 0 N–H and O–H groups in total. The summed E-state index contributed by atoms with van der Waals surface area (Å²) >= 11 is 10.2. The maximum absolute atomic E-state index is 6.42. The number of benzene rings is 2. The first-order chi connectivity index (χ1) is 10.1. The molecule has 2 nitrogen and oxygen atoms in total. The number of hydrogen-bond acceptors (Lipinski definition) is 2. The lowest BCUT2D eigenvalue weighted by atomic mass is 10.0. The molecule has 0 fully saturated rings. The normalized spacial score (nSPS) is 15.4. The fraction of sp³-hybridized carbons (Fsp3) is 0.294. The van der Waals surface area contributed by atoms with Gasteiger partial charge in [0.15, 0.2) is 11.5 Å². The molecule has 0 bridgehead atoms. The molecule has 1 atom stereocenters. The quantitative estimate of drug-likeness (QED) is 0.671. The Morgan fingerprint density at radius 1 is 1.05 bits per heavy atom. The van der Waals surface area contributed by atoms with E-state index in [4.69, 9.17) is 21.1 Å². The van der Waals surface area contributed by atoms with Gasteiger partial charge in [0.2, 0.25) is 0 Å². The molecule has 2 aromatic carbocycles. The van der Waals surface area contributed by atoms with Crippen LogP contribution in [0.2, 0.25) is 5.02 Å². The van der Waals surface area contributed by atoms with Crippen LogP contribution in [0.3, 0.4) is 0 Å². The summed E-state index contributed by atoms with van der Waals surface area (Å²) in [7, 11) is 0. The molecule has 0 spiro atoms. The number of aryl methyl sites for hydroxylation is 1. The van der Waals surface area contributed by atoms with Crippen molar-refractivity contribution < 1.29 is 9.47 Å². The molecule has 0 amide bonds. The summed E-state index contributed by atoms with van der Waals surface area (Å²) in [5.74, 6) is 1.49. The first-order valence-electron chi connectivity index (χ1n) is 6.95. The molecule has 21 heavy (non-hydrogen) atoms. The minimum atomic E-state index is 0.0303. The minimum absolute atomic E-state index is 0.0303. The second-order valence-electron chi connectivity index (χ2n) is 5.14. The maximum Gasteiger partial charge on any atom is 0.162 e. The summed E-state index contributed by atoms with van der Waals surface area (Å²) in [6.07, 6.45) is 0.886. The molecule has 0 aliphatic carbocycles. The minimum Gasteiger partial charge on any atom is -0.490 e. The largest absolute Gasteiger partial charge is 0.490 e. The lowest BCUT2D eigenvalue weighted by Gasteiger charge is -2.16. The molecule has 1 unspecified atom stereocenters. The molecule has 110 valence electrons. The molecule has 0 saturated carbocycles. The molecule has 0 radical (unpaired) electrons. The van der Waals surface area contributed by atoms with Gasteiger partial charge in [0.1, 0.15) is 0 Å². The molecule has 1 aliphatic rings. The van der Waals surface area contributed by atoms with Gasteiger partial charge < -0.3 is 9.47 Å². The molecule has 3 rings (SSSR count). The predicted molar refractivity (Wildman–Crippen MR) is 89.0 cm³/mol. The average Bonchev–Trinajstić information content (AvgIpc) is 2.71. The monoisotopic (exact) mass is 366 g/mol. The number of alkyl halides is 1. The number of rotatable bonds is 2. The Morgan fingerprint density at radius 2 is 1.67 bits per heavy atom. The Labute approximate surface area is 138 Å². The van der Waals surface area contributed by atoms with Crippen LogP contribution in [0.5, 0.6) is 11.5 Å². The van der Waals surface area contributed by atoms with Crippen molar-refractivity contribution in [2.24, 2.45) is 0 Å². The van der Waals surface area contributed by atoms with E-state index >= 15 is 0 Å². The van der Waals surface area contributed by atoms with Gasteiger partial charge in [-0.15, -0.1) is 0 Å². The first-order valence-corrected chi connectivity index (χ1v) is 8.24. The Kier molecular flexibility index (Phi) is 4.41. The van der Waals surface area contributed by atoms with E-state index in [1.54, 1.807) is 0 Å². The number of hydrogen-bond donors (Lipinski definition) is 0. The first kappa shape index (κ1) is 14.7. The van der Waals surface area contributed by atoms with Crippen LogP contribution < -0.4 is 9.47 Å². The van der Waals surface area contributed by atoms with Gasteiger partial charge in [-0.05, 0) is 24.1 Å². The van der Waals surface area contributed by atoms with E-state index in [1.165, 1.54) is 5.56 Å². The second-order valence-corrected chi connectivity index (χ2v) is 6.47. The van der Waals surface area contributed by atoms with Crippen molar-refractivity contribution >= 4 is 27.5 Å². The van der Waals surface area contributed by atoms with E-state index in [0.717, 1.165) is 29.0 Å². The highest BCUT2D eigenvalue weighted by Gasteiger charge is 2.19. The molecule has 2 aromatic rings. The highest BCUT2D eigenvalue weighted by Crippen LogP contribution is 2.42. The summed E-state index contributed by atoms with van der Waals surface area (Å²) in [5.41, 5.74) is 3.39. The lowest BCUT2D eigenvalue weighted by molar-refractivity contribution is 0.297. The third-order valence-corrected chi connectivity index (χ3v) is 4.86. The van der Waals surface area contributed by atoms with Gasteiger partial charge in [-0.1, -0.05) is 57.4 Å². The van der Waals surface area contributed by atoms with Crippen LogP contribution in [0, 0.1) is 6.92 Å². The van der Waals surface area contributed by atoms with E-state index < -0.39 is 0 Å². The fourth-order valence-electron chi connectivity index (χ4n) is 2.31. The third kappa shape index (κ3) is 3.19. The van der Waals surface area contributed by atoms with E-state index in [1.807, 2.05) is 12.1 Å². The smallest absolute Gasteiger partial charge is 0.162 e. The summed E-state index contributed by atoms with van der Waals surface area (Å²) in [4.78, 5) is 0.0303. The summed E-state index contributed by atoms with van der Waals surface area (Å²) in [5, 5.41) is 0.682. The lowest BCUT2D eigenvalue weighted by Crippen LogP contribution is -1.98. The number of fused-ring (bicyclic) bond motifs is 1. The zero-order chi connectivity index (χ0) is 14.8. The van der Waals surface area contributed by atoms with E-state index in [-0.39, 0.29) is 4.83 Å². The Hall–Kier alpha value is -1.19. The molecular formula is C17H16BrClO2. The Balaban J connectivity index is 1.97. The number of ether oxygens (including phenoxy) is 2. The van der Waals surface area contributed by atoms with Crippen molar-refractivity contribution in [2.45, 2.75) is 18.2 Å². The van der Waals surface area contributed by atoms with E-state index in [0.29, 0.717) is 18.2 Å². The highest BCUT2D eigenvalue weighted by atomic mass is 79.9. The van der Waals surface area contributed by atoms with Crippen LogP contribution in [0.25, 0.3) is 0 Å². The van der Waals surface area contributed by atoms with Gasteiger partial charge in [-0.3, -0.25) is 0 Å². The van der Waals surface area contributed by atoms with Gasteiger partial charge in [-0.2, -0.15) is 0 Å². The van der Waals surface area contributed by atoms with Gasteiger partial charge in [0, 0.05) is 17.5 Å². The molecule has 1 aliphatic heterocycles. The van der Waals surface area contributed by atoms with Crippen molar-refractivity contribution in [3.8, 4) is 11.5 Å². The van der Waals surface area contributed by atoms with Gasteiger partial charge in [-0.25, -0.2) is 0 Å². The van der Waals surface area contributed by atoms with Crippen molar-refractivity contribution in [1.82, 2.24) is 0 Å². The van der Waals surface area contributed by atoms with Gasteiger partial charge in [0.25, 0.3) is 0 Å². The predicted octanol–water partition coefficient (Wildman–Crippen LogP) is 5.29. The van der Waals surface area contributed by atoms with Gasteiger partial charge >= 0.3 is 0 Å². The molecule has 1 heterocycles. The standard InChI is InChI=1S/C17H16BrClO2/c1-11-3-5-12(6-4-11)17(18)13-9-15-16(10-14(13)19)21-8-2-7-20-15/h3-6,9-10,17H,2,7-8H2,1H3. The van der Waals surface area contributed by atoms with Crippen LogP contribution >= 0.6 is 27.5 Å². The van der Waals surface area contributed by atoms with E-state index in [2.05, 4.69) is 47.1 Å². The maximum atomic E-state index is 6.42. The molecule has 4 heteroatoms. The van der Waals surface area contributed by atoms with Gasteiger partial charge in [0.05, 0.1) is 18.0 Å². The van der Waals surface area contributed by atoms with Crippen LogP contribution in [0.4, 0.5) is 0 Å².